The van der Waals surface area contributed by atoms with Crippen molar-refractivity contribution < 1.29 is 9.59 Å². The first-order valence-electron chi connectivity index (χ1n) is 6.68. The van der Waals surface area contributed by atoms with Gasteiger partial charge < -0.3 is 4.98 Å². The standard InChI is InChI=1S/C15H12BrN5O2/c16-11-6-13(17-8-11)15(23)20-19-14(22)10-7-18-21(9-10)12-4-2-1-3-5-12/h1-9,17H,(H,19,22)(H,20,23). The third-order valence-electron chi connectivity index (χ3n) is 3.05. The van der Waals surface area contributed by atoms with Crippen LogP contribution in [0.4, 0.5) is 0 Å². The molecule has 0 bridgehead atoms. The highest BCUT2D eigenvalue weighted by Crippen LogP contribution is 2.10. The Bertz CT molecular complexity index is 840. The highest BCUT2D eigenvalue weighted by atomic mass is 79.9. The Kier molecular flexibility index (Phi) is 4.24. The zero-order chi connectivity index (χ0) is 16.2. The summed E-state index contributed by atoms with van der Waals surface area (Å²) >= 11 is 3.23. The summed E-state index contributed by atoms with van der Waals surface area (Å²) in [6.45, 7) is 0. The number of hydrogen-bond acceptors (Lipinski definition) is 3. The van der Waals surface area contributed by atoms with Crippen molar-refractivity contribution in [3.05, 3.63) is 70.7 Å². The average Bonchev–Trinajstić information content (AvgIpc) is 3.22. The summed E-state index contributed by atoms with van der Waals surface area (Å²) in [6, 6.07) is 11.0. The number of H-pyrrole nitrogens is 1. The van der Waals surface area contributed by atoms with Crippen LogP contribution in [0.5, 0.6) is 0 Å². The molecule has 0 saturated heterocycles. The quantitative estimate of drug-likeness (QED) is 0.613. The van der Waals surface area contributed by atoms with Gasteiger partial charge in [-0.25, -0.2) is 4.68 Å². The molecule has 0 unspecified atom stereocenters. The van der Waals surface area contributed by atoms with Crippen molar-refractivity contribution in [3.8, 4) is 5.69 Å². The first-order chi connectivity index (χ1) is 11.1. The lowest BCUT2D eigenvalue weighted by Crippen LogP contribution is -2.41. The lowest BCUT2D eigenvalue weighted by molar-refractivity contribution is 0.0844. The van der Waals surface area contributed by atoms with Crippen molar-refractivity contribution in [2.24, 2.45) is 0 Å². The second kappa shape index (κ2) is 6.49. The molecule has 3 aromatic rings. The zero-order valence-electron chi connectivity index (χ0n) is 11.8. The predicted molar refractivity (Wildman–Crippen MR) is 87.0 cm³/mol. The molecular weight excluding hydrogens is 362 g/mol. The Morgan fingerprint density at radius 2 is 1.87 bits per heavy atom. The number of hydrazine groups is 1. The van der Waals surface area contributed by atoms with Gasteiger partial charge in [-0.1, -0.05) is 18.2 Å². The Morgan fingerprint density at radius 1 is 1.13 bits per heavy atom. The van der Waals surface area contributed by atoms with Gasteiger partial charge in [0.1, 0.15) is 5.69 Å². The van der Waals surface area contributed by atoms with Crippen LogP contribution in [0.3, 0.4) is 0 Å². The van der Waals surface area contributed by atoms with Crippen molar-refractivity contribution in [1.82, 2.24) is 25.6 Å². The van der Waals surface area contributed by atoms with Crippen molar-refractivity contribution in [2.45, 2.75) is 0 Å². The van der Waals surface area contributed by atoms with Crippen LogP contribution < -0.4 is 10.9 Å². The van der Waals surface area contributed by atoms with E-state index in [-0.39, 0.29) is 0 Å². The molecule has 2 heterocycles. The van der Waals surface area contributed by atoms with Gasteiger partial charge in [-0.05, 0) is 34.1 Å². The first kappa shape index (κ1) is 15.0. The maximum absolute atomic E-state index is 12.0. The highest BCUT2D eigenvalue weighted by Gasteiger charge is 2.12. The fourth-order valence-electron chi connectivity index (χ4n) is 1.91. The molecule has 116 valence electrons. The summed E-state index contributed by atoms with van der Waals surface area (Å²) in [5.41, 5.74) is 6.18. The molecule has 2 amide bonds. The Labute approximate surface area is 139 Å². The van der Waals surface area contributed by atoms with Gasteiger partial charge in [0.25, 0.3) is 11.8 Å². The Morgan fingerprint density at radius 3 is 2.57 bits per heavy atom. The molecule has 0 aliphatic heterocycles. The zero-order valence-corrected chi connectivity index (χ0v) is 13.4. The molecular formula is C15H12BrN5O2. The third-order valence-corrected chi connectivity index (χ3v) is 3.51. The van der Waals surface area contributed by atoms with Gasteiger partial charge in [0.05, 0.1) is 17.4 Å². The lowest BCUT2D eigenvalue weighted by Gasteiger charge is -2.04. The fourth-order valence-corrected chi connectivity index (χ4v) is 2.26. The van der Waals surface area contributed by atoms with Crippen molar-refractivity contribution in [1.29, 1.82) is 0 Å². The number of hydrogen-bond donors (Lipinski definition) is 3. The molecule has 3 rings (SSSR count). The van der Waals surface area contributed by atoms with Crippen LogP contribution in [0.2, 0.25) is 0 Å². The van der Waals surface area contributed by atoms with Gasteiger partial charge in [0.15, 0.2) is 0 Å². The smallest absolute Gasteiger partial charge is 0.286 e. The van der Waals surface area contributed by atoms with E-state index in [9.17, 15) is 9.59 Å². The van der Waals surface area contributed by atoms with Crippen LogP contribution in [0, 0.1) is 0 Å². The van der Waals surface area contributed by atoms with Crippen LogP contribution in [-0.4, -0.2) is 26.6 Å². The molecule has 3 N–H and O–H groups in total. The van der Waals surface area contributed by atoms with Crippen molar-refractivity contribution >= 4 is 27.7 Å². The molecule has 1 aromatic carbocycles. The van der Waals surface area contributed by atoms with Gasteiger partial charge >= 0.3 is 0 Å². The van der Waals surface area contributed by atoms with Crippen LogP contribution in [-0.2, 0) is 0 Å². The summed E-state index contributed by atoms with van der Waals surface area (Å²) in [5.74, 6) is -0.898. The van der Waals surface area contributed by atoms with Crippen molar-refractivity contribution in [3.63, 3.8) is 0 Å². The normalized spacial score (nSPS) is 10.3. The minimum Gasteiger partial charge on any atom is -0.356 e. The Balaban J connectivity index is 1.63. The minimum absolute atomic E-state index is 0.331. The van der Waals surface area contributed by atoms with E-state index < -0.39 is 11.8 Å². The maximum atomic E-state index is 12.0. The SMILES string of the molecule is O=C(NNC(=O)c1cc(Br)c[nH]1)c1cnn(-c2ccccc2)c1. The number of nitrogens with zero attached hydrogens (tertiary/aromatic N) is 2. The van der Waals surface area contributed by atoms with Gasteiger partial charge in [0, 0.05) is 16.9 Å². The third kappa shape index (κ3) is 3.49. The molecule has 0 atom stereocenters. The molecule has 23 heavy (non-hydrogen) atoms. The highest BCUT2D eigenvalue weighted by molar-refractivity contribution is 9.10. The van der Waals surface area contributed by atoms with E-state index in [2.05, 4.69) is 36.9 Å². The number of halogens is 1. The van der Waals surface area contributed by atoms with E-state index in [0.717, 1.165) is 10.2 Å². The molecule has 0 radical (unpaired) electrons. The van der Waals surface area contributed by atoms with E-state index in [4.69, 9.17) is 0 Å². The van der Waals surface area contributed by atoms with Gasteiger partial charge in [-0.3, -0.25) is 20.4 Å². The molecule has 7 nitrogen and oxygen atoms in total. The molecule has 0 aliphatic carbocycles. The number of nitrogens with one attached hydrogen (secondary N) is 3. The topological polar surface area (TPSA) is 91.8 Å². The van der Waals surface area contributed by atoms with Crippen LogP contribution >= 0.6 is 15.9 Å². The van der Waals surface area contributed by atoms with Crippen molar-refractivity contribution in [2.75, 3.05) is 0 Å². The summed E-state index contributed by atoms with van der Waals surface area (Å²) in [5, 5.41) is 4.13. The van der Waals surface area contributed by atoms with E-state index in [1.54, 1.807) is 23.1 Å². The fraction of sp³-hybridized carbons (Fsp3) is 0. The molecule has 2 aromatic heterocycles. The predicted octanol–water partition coefficient (Wildman–Crippen LogP) is 2.04. The van der Waals surface area contributed by atoms with E-state index in [1.165, 1.54) is 6.20 Å². The summed E-state index contributed by atoms with van der Waals surface area (Å²) in [4.78, 5) is 26.6. The number of amides is 2. The number of aromatic amines is 1. The second-order valence-electron chi connectivity index (χ2n) is 4.65. The summed E-state index contributed by atoms with van der Waals surface area (Å²) in [7, 11) is 0. The number of aromatic nitrogens is 3. The molecule has 0 spiro atoms. The number of carbonyl (C=O) groups is 2. The van der Waals surface area contributed by atoms with E-state index >= 15 is 0 Å². The van der Waals surface area contributed by atoms with Crippen LogP contribution in [0.1, 0.15) is 20.8 Å². The maximum Gasteiger partial charge on any atom is 0.286 e. The molecule has 0 saturated carbocycles. The van der Waals surface area contributed by atoms with E-state index in [0.29, 0.717) is 11.3 Å². The number of para-hydroxylation sites is 1. The summed E-state index contributed by atoms with van der Waals surface area (Å²) < 4.78 is 2.33. The second-order valence-corrected chi connectivity index (χ2v) is 5.56. The number of carbonyl (C=O) groups excluding carboxylic acids is 2. The molecule has 8 heteroatoms. The Hall–Kier alpha value is -2.87. The monoisotopic (exact) mass is 373 g/mol. The molecule has 0 fully saturated rings. The van der Waals surface area contributed by atoms with Gasteiger partial charge in [-0.15, -0.1) is 0 Å². The summed E-state index contributed by atoms with van der Waals surface area (Å²) in [6.07, 6.45) is 4.64. The number of benzene rings is 1. The van der Waals surface area contributed by atoms with Crippen LogP contribution in [0.15, 0.2) is 59.5 Å². The van der Waals surface area contributed by atoms with Gasteiger partial charge in [0.2, 0.25) is 0 Å². The van der Waals surface area contributed by atoms with E-state index in [1.807, 2.05) is 30.3 Å². The number of rotatable bonds is 3. The van der Waals surface area contributed by atoms with Crippen LogP contribution in [0.25, 0.3) is 5.69 Å². The minimum atomic E-state index is -0.453. The average molecular weight is 374 g/mol. The largest absolute Gasteiger partial charge is 0.356 e. The first-order valence-corrected chi connectivity index (χ1v) is 7.47. The van der Waals surface area contributed by atoms with Gasteiger partial charge in [-0.2, -0.15) is 5.10 Å². The lowest BCUT2D eigenvalue weighted by atomic mass is 10.3. The molecule has 0 aliphatic rings.